The second kappa shape index (κ2) is 3.24. The van der Waals surface area contributed by atoms with Crippen molar-refractivity contribution in [3.05, 3.63) is 12.3 Å². The normalized spacial score (nSPS) is 27.3. The van der Waals surface area contributed by atoms with Crippen LogP contribution in [-0.4, -0.2) is 29.8 Å². The van der Waals surface area contributed by atoms with E-state index in [1.54, 1.807) is 6.26 Å². The van der Waals surface area contributed by atoms with Crippen molar-refractivity contribution < 1.29 is 4.84 Å². The number of nitrogens with zero attached hydrogens (tertiary/aromatic N) is 2. The summed E-state index contributed by atoms with van der Waals surface area (Å²) in [5.74, 6) is 0. The highest BCUT2D eigenvalue weighted by Gasteiger charge is 2.19. The first-order valence-corrected chi connectivity index (χ1v) is 4.31. The third-order valence-electron chi connectivity index (χ3n) is 2.19. The largest absolute Gasteiger partial charge is 0.399 e. The second-order valence-electron chi connectivity index (χ2n) is 3.03. The third-order valence-corrected chi connectivity index (χ3v) is 2.19. The van der Waals surface area contributed by atoms with E-state index in [0.29, 0.717) is 0 Å². The number of hydrazine groups is 1. The van der Waals surface area contributed by atoms with Gasteiger partial charge in [0.2, 0.25) is 0 Å². The van der Waals surface area contributed by atoms with Crippen molar-refractivity contribution in [1.82, 2.24) is 10.2 Å². The summed E-state index contributed by atoms with van der Waals surface area (Å²) in [6, 6.07) is 0. The molecule has 1 saturated heterocycles. The van der Waals surface area contributed by atoms with E-state index in [1.165, 1.54) is 19.3 Å². The molecule has 0 atom stereocenters. The van der Waals surface area contributed by atoms with Crippen molar-refractivity contribution in [3.63, 3.8) is 0 Å². The molecular formula is C8H14N2O. The molecule has 3 nitrogen and oxygen atoms in total. The van der Waals surface area contributed by atoms with Crippen molar-refractivity contribution in [2.24, 2.45) is 0 Å². The van der Waals surface area contributed by atoms with E-state index < -0.39 is 0 Å². The molecule has 0 aromatic carbocycles. The Morgan fingerprint density at radius 3 is 2.55 bits per heavy atom. The van der Waals surface area contributed by atoms with Gasteiger partial charge in [-0.3, -0.25) is 0 Å². The van der Waals surface area contributed by atoms with Crippen LogP contribution in [0.5, 0.6) is 0 Å². The minimum absolute atomic E-state index is 0.917. The van der Waals surface area contributed by atoms with Gasteiger partial charge >= 0.3 is 0 Å². The van der Waals surface area contributed by atoms with E-state index >= 15 is 0 Å². The van der Waals surface area contributed by atoms with Gasteiger partial charge in [-0.05, 0) is 18.9 Å². The first kappa shape index (κ1) is 7.13. The number of hydrogen-bond acceptors (Lipinski definition) is 3. The summed E-state index contributed by atoms with van der Waals surface area (Å²) in [7, 11) is 0. The molecule has 0 radical (unpaired) electrons. The molecule has 2 rings (SSSR count). The van der Waals surface area contributed by atoms with E-state index in [9.17, 15) is 0 Å². The van der Waals surface area contributed by atoms with E-state index in [-0.39, 0.29) is 0 Å². The van der Waals surface area contributed by atoms with Crippen LogP contribution in [0, 0.1) is 0 Å². The van der Waals surface area contributed by atoms with Gasteiger partial charge < -0.3 is 4.84 Å². The molecule has 62 valence electrons. The minimum Gasteiger partial charge on any atom is -0.399 e. The van der Waals surface area contributed by atoms with Gasteiger partial charge in [-0.15, -0.1) is 0 Å². The Morgan fingerprint density at radius 1 is 1.09 bits per heavy atom. The molecule has 0 N–H and O–H groups in total. The zero-order valence-corrected chi connectivity index (χ0v) is 6.70. The fourth-order valence-electron chi connectivity index (χ4n) is 1.57. The van der Waals surface area contributed by atoms with Gasteiger partial charge in [-0.1, -0.05) is 11.6 Å². The highest BCUT2D eigenvalue weighted by molar-refractivity contribution is 4.81. The Kier molecular flexibility index (Phi) is 2.10. The molecule has 0 aromatic rings. The number of piperidine rings is 1. The zero-order valence-electron chi connectivity index (χ0n) is 6.70. The topological polar surface area (TPSA) is 15.7 Å². The van der Waals surface area contributed by atoms with Crippen molar-refractivity contribution in [3.8, 4) is 0 Å². The Balaban J connectivity index is 1.83. The maximum atomic E-state index is 5.27. The maximum absolute atomic E-state index is 5.27. The van der Waals surface area contributed by atoms with Crippen LogP contribution in [0.1, 0.15) is 19.3 Å². The second-order valence-corrected chi connectivity index (χ2v) is 3.03. The predicted molar refractivity (Wildman–Crippen MR) is 42.4 cm³/mol. The molecule has 0 spiro atoms. The lowest BCUT2D eigenvalue weighted by atomic mass is 10.2. The minimum atomic E-state index is 0.917. The van der Waals surface area contributed by atoms with Crippen LogP contribution >= 0.6 is 0 Å². The summed E-state index contributed by atoms with van der Waals surface area (Å²) in [5.41, 5.74) is 0. The quantitative estimate of drug-likeness (QED) is 0.563. The molecule has 0 unspecified atom stereocenters. The van der Waals surface area contributed by atoms with Gasteiger partial charge in [-0.25, -0.2) is 5.01 Å². The highest BCUT2D eigenvalue weighted by atomic mass is 16.7. The molecule has 0 amide bonds. The van der Waals surface area contributed by atoms with E-state index in [2.05, 4.69) is 5.01 Å². The van der Waals surface area contributed by atoms with Crippen molar-refractivity contribution in [1.29, 1.82) is 0 Å². The lowest BCUT2D eigenvalue weighted by Crippen LogP contribution is -2.43. The Bertz CT molecular complexity index is 144. The summed E-state index contributed by atoms with van der Waals surface area (Å²) in [6.45, 7) is 3.23. The first-order valence-electron chi connectivity index (χ1n) is 4.31. The van der Waals surface area contributed by atoms with Gasteiger partial charge in [0, 0.05) is 13.1 Å². The molecule has 1 fully saturated rings. The summed E-state index contributed by atoms with van der Waals surface area (Å²) in [6.07, 6.45) is 7.78. The van der Waals surface area contributed by atoms with Gasteiger partial charge in [0.05, 0.1) is 6.54 Å². The third kappa shape index (κ3) is 1.54. The molecule has 11 heavy (non-hydrogen) atoms. The highest BCUT2D eigenvalue weighted by Crippen LogP contribution is 2.14. The summed E-state index contributed by atoms with van der Waals surface area (Å²) in [4.78, 5) is 5.27. The van der Waals surface area contributed by atoms with Crippen LogP contribution in [-0.2, 0) is 4.84 Å². The molecule has 0 aromatic heterocycles. The Morgan fingerprint density at radius 2 is 1.91 bits per heavy atom. The molecule has 3 heteroatoms. The van der Waals surface area contributed by atoms with Crippen LogP contribution in [0.25, 0.3) is 0 Å². The SMILES string of the molecule is C1=CON(N2CCCCC2)C1. The van der Waals surface area contributed by atoms with Crippen LogP contribution in [0.15, 0.2) is 12.3 Å². The monoisotopic (exact) mass is 154 g/mol. The summed E-state index contributed by atoms with van der Waals surface area (Å²) >= 11 is 0. The van der Waals surface area contributed by atoms with Gasteiger partial charge in [0.15, 0.2) is 0 Å². The zero-order chi connectivity index (χ0) is 7.52. The summed E-state index contributed by atoms with van der Waals surface area (Å²) < 4.78 is 0. The Hall–Kier alpha value is -0.540. The maximum Gasteiger partial charge on any atom is 0.110 e. The first-order chi connectivity index (χ1) is 5.47. The van der Waals surface area contributed by atoms with Gasteiger partial charge in [-0.2, -0.15) is 0 Å². The van der Waals surface area contributed by atoms with E-state index in [4.69, 9.17) is 4.84 Å². The molecule has 2 heterocycles. The summed E-state index contributed by atoms with van der Waals surface area (Å²) in [5, 5.41) is 4.22. The van der Waals surface area contributed by atoms with Crippen molar-refractivity contribution >= 4 is 0 Å². The molecule has 2 aliphatic heterocycles. The average Bonchev–Trinajstić information content (AvgIpc) is 2.58. The molecular weight excluding hydrogens is 140 g/mol. The number of rotatable bonds is 1. The van der Waals surface area contributed by atoms with E-state index in [1.807, 2.05) is 11.2 Å². The molecule has 2 aliphatic rings. The average molecular weight is 154 g/mol. The van der Waals surface area contributed by atoms with Crippen LogP contribution < -0.4 is 0 Å². The van der Waals surface area contributed by atoms with Crippen LogP contribution in [0.2, 0.25) is 0 Å². The fraction of sp³-hybridized carbons (Fsp3) is 0.750. The van der Waals surface area contributed by atoms with Gasteiger partial charge in [0.25, 0.3) is 0 Å². The number of hydrogen-bond donors (Lipinski definition) is 0. The van der Waals surface area contributed by atoms with Crippen LogP contribution in [0.3, 0.4) is 0 Å². The van der Waals surface area contributed by atoms with Crippen molar-refractivity contribution in [2.45, 2.75) is 19.3 Å². The standard InChI is InChI=1S/C8H14N2O/c1-2-5-9(6-3-1)10-7-4-8-11-10/h4,8H,1-3,5-7H2. The van der Waals surface area contributed by atoms with Crippen LogP contribution in [0.4, 0.5) is 0 Å². The van der Waals surface area contributed by atoms with E-state index in [0.717, 1.165) is 19.6 Å². The lowest BCUT2D eigenvalue weighted by Gasteiger charge is -2.32. The molecule has 0 aliphatic carbocycles. The smallest absolute Gasteiger partial charge is 0.110 e. The number of hydroxylamine groups is 1. The fourth-order valence-corrected chi connectivity index (χ4v) is 1.57. The lowest BCUT2D eigenvalue weighted by molar-refractivity contribution is -0.236. The van der Waals surface area contributed by atoms with Gasteiger partial charge in [0.1, 0.15) is 6.26 Å². The van der Waals surface area contributed by atoms with Crippen molar-refractivity contribution in [2.75, 3.05) is 19.6 Å². The molecule has 0 saturated carbocycles. The molecule has 0 bridgehead atoms. The Labute approximate surface area is 67.1 Å². The predicted octanol–water partition coefficient (Wildman–Crippen LogP) is 1.15.